The topological polar surface area (TPSA) is 74.1 Å². The lowest BCUT2D eigenvalue weighted by Gasteiger charge is -2.17. The maximum atomic E-state index is 11.9. The summed E-state index contributed by atoms with van der Waals surface area (Å²) in [5.41, 5.74) is 0. The van der Waals surface area contributed by atoms with Crippen molar-refractivity contribution < 1.29 is 8.42 Å². The first kappa shape index (κ1) is 12.1. The highest BCUT2D eigenvalue weighted by atomic mass is 32.2. The van der Waals surface area contributed by atoms with Crippen molar-refractivity contribution in [2.24, 2.45) is 0 Å². The van der Waals surface area contributed by atoms with E-state index in [0.29, 0.717) is 5.01 Å². The number of nitriles is 1. The molecule has 5 nitrogen and oxygen atoms in total. The van der Waals surface area contributed by atoms with Gasteiger partial charge in [0.2, 0.25) is 0 Å². The highest BCUT2D eigenvalue weighted by Crippen LogP contribution is 2.22. The molecule has 1 aromatic rings. The van der Waals surface area contributed by atoms with E-state index in [-0.39, 0.29) is 4.21 Å². The number of rotatable bonds is 3. The third-order valence-corrected chi connectivity index (χ3v) is 5.24. The van der Waals surface area contributed by atoms with E-state index in [0.717, 1.165) is 15.6 Å². The summed E-state index contributed by atoms with van der Waals surface area (Å²) >= 11 is 1.10. The molecule has 0 aromatic carbocycles. The van der Waals surface area contributed by atoms with Gasteiger partial charge in [0.05, 0.1) is 17.3 Å². The third kappa shape index (κ3) is 2.34. The van der Waals surface area contributed by atoms with E-state index in [1.807, 2.05) is 6.07 Å². The molecule has 0 saturated carbocycles. The van der Waals surface area contributed by atoms with Crippen LogP contribution in [0.3, 0.4) is 0 Å². The molecular formula is C8H11N3O2S2. The van der Waals surface area contributed by atoms with Gasteiger partial charge in [0, 0.05) is 7.05 Å². The molecule has 7 heteroatoms. The van der Waals surface area contributed by atoms with Crippen LogP contribution in [-0.2, 0) is 10.0 Å². The van der Waals surface area contributed by atoms with E-state index in [4.69, 9.17) is 5.26 Å². The third-order valence-electron chi connectivity index (χ3n) is 1.97. The molecule has 0 aliphatic carbocycles. The van der Waals surface area contributed by atoms with Crippen molar-refractivity contribution in [2.45, 2.75) is 24.1 Å². The number of aromatic nitrogens is 1. The minimum Gasteiger partial charge on any atom is -0.249 e. The summed E-state index contributed by atoms with van der Waals surface area (Å²) in [6.07, 6.45) is 1.32. The number of aryl methyl sites for hydroxylation is 1. The van der Waals surface area contributed by atoms with Gasteiger partial charge in [-0.3, -0.25) is 0 Å². The van der Waals surface area contributed by atoms with Crippen LogP contribution in [0.25, 0.3) is 0 Å². The van der Waals surface area contributed by atoms with Gasteiger partial charge in [0.1, 0.15) is 6.04 Å². The molecule has 1 aromatic heterocycles. The zero-order chi connectivity index (χ0) is 11.6. The number of nitrogens with zero attached hydrogens (tertiary/aromatic N) is 3. The number of hydrogen-bond acceptors (Lipinski definition) is 5. The lowest BCUT2D eigenvalue weighted by atomic mass is 10.4. The Hall–Kier alpha value is -0.970. The zero-order valence-electron chi connectivity index (χ0n) is 8.63. The second kappa shape index (κ2) is 4.26. The zero-order valence-corrected chi connectivity index (χ0v) is 10.3. The van der Waals surface area contributed by atoms with Gasteiger partial charge in [-0.1, -0.05) is 0 Å². The fourth-order valence-corrected chi connectivity index (χ4v) is 3.46. The van der Waals surface area contributed by atoms with E-state index < -0.39 is 16.1 Å². The molecule has 1 heterocycles. The standard InChI is InChI=1S/C8H11N3O2S2/c1-6(4-9)11(3)15(12,13)8-5-10-7(2)14-8/h5-6H,1-3H3. The molecule has 1 atom stereocenters. The van der Waals surface area contributed by atoms with Gasteiger partial charge in [-0.2, -0.15) is 9.57 Å². The Morgan fingerprint density at radius 3 is 2.67 bits per heavy atom. The van der Waals surface area contributed by atoms with Gasteiger partial charge in [-0.25, -0.2) is 13.4 Å². The van der Waals surface area contributed by atoms with E-state index in [1.165, 1.54) is 20.2 Å². The Morgan fingerprint density at radius 2 is 2.27 bits per heavy atom. The summed E-state index contributed by atoms with van der Waals surface area (Å²) in [6, 6.07) is 1.20. The second-order valence-corrected chi connectivity index (χ2v) is 6.48. The Kier molecular flexibility index (Phi) is 3.44. The smallest absolute Gasteiger partial charge is 0.249 e. The van der Waals surface area contributed by atoms with Crippen molar-refractivity contribution in [1.29, 1.82) is 5.26 Å². The first-order valence-corrected chi connectivity index (χ1v) is 6.45. The predicted molar refractivity (Wildman–Crippen MR) is 56.9 cm³/mol. The van der Waals surface area contributed by atoms with Crippen LogP contribution in [0.4, 0.5) is 0 Å². The summed E-state index contributed by atoms with van der Waals surface area (Å²) in [7, 11) is -2.18. The molecule has 0 fully saturated rings. The van der Waals surface area contributed by atoms with Gasteiger partial charge in [0.15, 0.2) is 4.21 Å². The Balaban J connectivity index is 3.10. The fourth-order valence-electron chi connectivity index (χ4n) is 0.893. The predicted octanol–water partition coefficient (Wildman–Crippen LogP) is 0.984. The van der Waals surface area contributed by atoms with Gasteiger partial charge in [0.25, 0.3) is 10.0 Å². The minimum atomic E-state index is -3.56. The van der Waals surface area contributed by atoms with E-state index >= 15 is 0 Å². The Bertz CT molecular complexity index is 486. The highest BCUT2D eigenvalue weighted by Gasteiger charge is 2.26. The molecule has 15 heavy (non-hydrogen) atoms. The van der Waals surface area contributed by atoms with Crippen LogP contribution in [-0.4, -0.2) is 30.8 Å². The average Bonchev–Trinajstić information content (AvgIpc) is 2.63. The Morgan fingerprint density at radius 1 is 1.67 bits per heavy atom. The molecule has 0 spiro atoms. The van der Waals surface area contributed by atoms with Crippen LogP contribution in [0, 0.1) is 18.3 Å². The largest absolute Gasteiger partial charge is 0.255 e. The number of sulfonamides is 1. The lowest BCUT2D eigenvalue weighted by Crippen LogP contribution is -2.33. The van der Waals surface area contributed by atoms with Crippen molar-refractivity contribution in [1.82, 2.24) is 9.29 Å². The number of thiazole rings is 1. The summed E-state index contributed by atoms with van der Waals surface area (Å²) in [5, 5.41) is 9.34. The van der Waals surface area contributed by atoms with Crippen molar-refractivity contribution >= 4 is 21.4 Å². The van der Waals surface area contributed by atoms with Crippen molar-refractivity contribution in [3.8, 4) is 6.07 Å². The van der Waals surface area contributed by atoms with E-state index in [2.05, 4.69) is 4.98 Å². The van der Waals surface area contributed by atoms with E-state index in [1.54, 1.807) is 6.92 Å². The SMILES string of the molecule is Cc1ncc(S(=O)(=O)N(C)C(C)C#N)s1. The fraction of sp³-hybridized carbons (Fsp3) is 0.500. The molecular weight excluding hydrogens is 234 g/mol. The summed E-state index contributed by atoms with van der Waals surface area (Å²) in [5.74, 6) is 0. The highest BCUT2D eigenvalue weighted by molar-refractivity contribution is 7.91. The molecule has 0 saturated heterocycles. The van der Waals surface area contributed by atoms with E-state index in [9.17, 15) is 8.42 Å². The van der Waals surface area contributed by atoms with Crippen molar-refractivity contribution in [3.63, 3.8) is 0 Å². The minimum absolute atomic E-state index is 0.171. The van der Waals surface area contributed by atoms with Gasteiger partial charge in [-0.15, -0.1) is 11.3 Å². The van der Waals surface area contributed by atoms with Crippen molar-refractivity contribution in [2.75, 3.05) is 7.05 Å². The summed E-state index contributed by atoms with van der Waals surface area (Å²) < 4.78 is 25.0. The molecule has 0 radical (unpaired) electrons. The monoisotopic (exact) mass is 245 g/mol. The first-order valence-electron chi connectivity index (χ1n) is 4.19. The molecule has 1 unspecified atom stereocenters. The normalized spacial score (nSPS) is 13.8. The van der Waals surface area contributed by atoms with Crippen LogP contribution in [0.2, 0.25) is 0 Å². The van der Waals surface area contributed by atoms with Gasteiger partial charge < -0.3 is 0 Å². The quantitative estimate of drug-likeness (QED) is 0.795. The first-order chi connectivity index (χ1) is 6.89. The molecule has 1 rings (SSSR count). The molecule has 0 N–H and O–H groups in total. The summed E-state index contributed by atoms with van der Waals surface area (Å²) in [6.45, 7) is 3.27. The molecule has 0 bridgehead atoms. The molecule has 0 aliphatic heterocycles. The summed E-state index contributed by atoms with van der Waals surface area (Å²) in [4.78, 5) is 3.88. The molecule has 0 amide bonds. The lowest BCUT2D eigenvalue weighted by molar-refractivity contribution is 0.443. The van der Waals surface area contributed by atoms with Gasteiger partial charge >= 0.3 is 0 Å². The number of hydrogen-bond donors (Lipinski definition) is 0. The maximum absolute atomic E-state index is 11.9. The maximum Gasteiger partial charge on any atom is 0.255 e. The molecule has 82 valence electrons. The van der Waals surface area contributed by atoms with Gasteiger partial charge in [-0.05, 0) is 13.8 Å². The van der Waals surface area contributed by atoms with Crippen LogP contribution in [0.5, 0.6) is 0 Å². The van der Waals surface area contributed by atoms with Crippen LogP contribution < -0.4 is 0 Å². The average molecular weight is 245 g/mol. The Labute approximate surface area is 93.0 Å². The van der Waals surface area contributed by atoms with Crippen LogP contribution in [0.15, 0.2) is 10.4 Å². The van der Waals surface area contributed by atoms with Crippen molar-refractivity contribution in [3.05, 3.63) is 11.2 Å². The van der Waals surface area contributed by atoms with Crippen LogP contribution >= 0.6 is 11.3 Å². The molecule has 0 aliphatic rings. The second-order valence-electron chi connectivity index (χ2n) is 3.02. The van der Waals surface area contributed by atoms with Crippen LogP contribution in [0.1, 0.15) is 11.9 Å².